The lowest BCUT2D eigenvalue weighted by Crippen LogP contribution is -2.48. The summed E-state index contributed by atoms with van der Waals surface area (Å²) in [6, 6.07) is 8.11. The zero-order chi connectivity index (χ0) is 16.1. The van der Waals surface area contributed by atoms with Crippen LogP contribution in [0.1, 0.15) is 13.3 Å². The Morgan fingerprint density at radius 2 is 1.91 bits per heavy atom. The maximum atomic E-state index is 6.31. The van der Waals surface area contributed by atoms with Crippen molar-refractivity contribution in [2.75, 3.05) is 37.6 Å². The Balaban J connectivity index is 1.51. The monoisotopic (exact) mass is 333 g/mol. The number of benzene rings is 1. The van der Waals surface area contributed by atoms with Gasteiger partial charge >= 0.3 is 0 Å². The largest absolute Gasteiger partial charge is 0.368 e. The van der Waals surface area contributed by atoms with E-state index < -0.39 is 0 Å². The van der Waals surface area contributed by atoms with E-state index in [-0.39, 0.29) is 0 Å². The summed E-state index contributed by atoms with van der Waals surface area (Å²) in [5.41, 5.74) is 1.16. The highest BCUT2D eigenvalue weighted by Gasteiger charge is 2.21. The molecule has 1 aromatic heterocycles. The first-order valence-electron chi connectivity index (χ1n) is 8.30. The van der Waals surface area contributed by atoms with Gasteiger partial charge in [-0.25, -0.2) is 4.98 Å². The molecule has 2 heterocycles. The number of nitrogens with zero attached hydrogens (tertiary/aromatic N) is 5. The normalized spacial score (nSPS) is 17.4. The molecule has 0 radical (unpaired) electrons. The van der Waals surface area contributed by atoms with Crippen molar-refractivity contribution < 1.29 is 0 Å². The quantitative estimate of drug-likeness (QED) is 0.814. The predicted octanol–water partition coefficient (Wildman–Crippen LogP) is 2.78. The Kier molecular flexibility index (Phi) is 5.51. The van der Waals surface area contributed by atoms with Gasteiger partial charge in [0.2, 0.25) is 0 Å². The zero-order valence-corrected chi connectivity index (χ0v) is 14.4. The van der Waals surface area contributed by atoms with Gasteiger partial charge in [-0.05, 0) is 18.1 Å². The lowest BCUT2D eigenvalue weighted by molar-refractivity contribution is 0.201. The Bertz CT molecular complexity index is 593. The summed E-state index contributed by atoms with van der Waals surface area (Å²) in [7, 11) is 0. The Morgan fingerprint density at radius 3 is 2.57 bits per heavy atom. The molecule has 0 aliphatic carbocycles. The van der Waals surface area contributed by atoms with Crippen LogP contribution in [0.5, 0.6) is 0 Å². The van der Waals surface area contributed by atoms with Crippen LogP contribution in [0.15, 0.2) is 36.9 Å². The van der Waals surface area contributed by atoms with E-state index in [1.165, 1.54) is 0 Å². The molecule has 0 saturated carbocycles. The van der Waals surface area contributed by atoms with Crippen LogP contribution in [-0.2, 0) is 6.54 Å². The molecule has 6 heteroatoms. The summed E-state index contributed by atoms with van der Waals surface area (Å²) >= 11 is 6.31. The van der Waals surface area contributed by atoms with Crippen molar-refractivity contribution in [2.45, 2.75) is 19.9 Å². The van der Waals surface area contributed by atoms with E-state index >= 15 is 0 Å². The molecule has 0 bridgehead atoms. The maximum Gasteiger partial charge on any atom is 0.137 e. The molecular formula is C17H24ClN5. The van der Waals surface area contributed by atoms with Crippen LogP contribution in [-0.4, -0.2) is 52.4 Å². The van der Waals surface area contributed by atoms with Crippen LogP contribution in [0.2, 0.25) is 5.02 Å². The van der Waals surface area contributed by atoms with E-state index in [4.69, 9.17) is 11.6 Å². The molecule has 1 aromatic carbocycles. The number of hydrogen-bond donors (Lipinski definition) is 0. The smallest absolute Gasteiger partial charge is 0.137 e. The molecule has 0 N–H and O–H groups in total. The van der Waals surface area contributed by atoms with Gasteiger partial charge in [0.25, 0.3) is 0 Å². The van der Waals surface area contributed by atoms with E-state index in [0.29, 0.717) is 5.92 Å². The number of anilines is 1. The van der Waals surface area contributed by atoms with Gasteiger partial charge < -0.3 is 4.90 Å². The van der Waals surface area contributed by atoms with Crippen LogP contribution in [0.25, 0.3) is 0 Å². The predicted molar refractivity (Wildman–Crippen MR) is 93.9 cm³/mol. The summed E-state index contributed by atoms with van der Waals surface area (Å²) in [5.74, 6) is 0.614. The van der Waals surface area contributed by atoms with Gasteiger partial charge in [0.1, 0.15) is 12.7 Å². The molecule has 23 heavy (non-hydrogen) atoms. The minimum Gasteiger partial charge on any atom is -0.368 e. The summed E-state index contributed by atoms with van der Waals surface area (Å²) in [4.78, 5) is 8.97. The van der Waals surface area contributed by atoms with Crippen molar-refractivity contribution in [1.29, 1.82) is 0 Å². The standard InChI is InChI=1S/C17H24ClN5/c1-2-15(12-23-14-19-13-20-23)11-21-7-9-22(10-8-21)17-6-4-3-5-16(17)18/h3-6,13-15H,2,7-12H2,1H3. The maximum absolute atomic E-state index is 6.31. The van der Waals surface area contributed by atoms with E-state index in [0.717, 1.165) is 56.4 Å². The Labute approximate surface area is 142 Å². The van der Waals surface area contributed by atoms with Crippen molar-refractivity contribution in [3.63, 3.8) is 0 Å². The molecule has 1 aliphatic rings. The summed E-state index contributed by atoms with van der Waals surface area (Å²) in [6.45, 7) is 8.54. The third-order valence-corrected chi connectivity index (χ3v) is 4.89. The van der Waals surface area contributed by atoms with Crippen LogP contribution in [0.4, 0.5) is 5.69 Å². The van der Waals surface area contributed by atoms with Crippen molar-refractivity contribution in [1.82, 2.24) is 19.7 Å². The van der Waals surface area contributed by atoms with Gasteiger partial charge in [-0.1, -0.05) is 37.1 Å². The van der Waals surface area contributed by atoms with Crippen LogP contribution >= 0.6 is 11.6 Å². The molecule has 1 aliphatic heterocycles. The van der Waals surface area contributed by atoms with E-state index in [2.05, 4.69) is 38.9 Å². The fourth-order valence-corrected chi connectivity index (χ4v) is 3.41. The first-order chi connectivity index (χ1) is 11.3. The first-order valence-corrected chi connectivity index (χ1v) is 8.68. The second-order valence-corrected chi connectivity index (χ2v) is 6.54. The molecule has 3 rings (SSSR count). The summed E-state index contributed by atoms with van der Waals surface area (Å²) < 4.78 is 1.94. The van der Waals surface area contributed by atoms with Crippen LogP contribution in [0.3, 0.4) is 0 Å². The average Bonchev–Trinajstić information content (AvgIpc) is 3.08. The minimum absolute atomic E-state index is 0.614. The molecule has 1 fully saturated rings. The molecular weight excluding hydrogens is 310 g/mol. The number of aromatic nitrogens is 3. The highest BCUT2D eigenvalue weighted by molar-refractivity contribution is 6.33. The van der Waals surface area contributed by atoms with Gasteiger partial charge in [-0.15, -0.1) is 0 Å². The second kappa shape index (κ2) is 7.79. The molecule has 1 unspecified atom stereocenters. The molecule has 5 nitrogen and oxygen atoms in total. The van der Waals surface area contributed by atoms with Crippen molar-refractivity contribution >= 4 is 17.3 Å². The van der Waals surface area contributed by atoms with Gasteiger partial charge in [-0.2, -0.15) is 5.10 Å². The van der Waals surface area contributed by atoms with Crippen molar-refractivity contribution in [2.24, 2.45) is 5.92 Å². The van der Waals surface area contributed by atoms with Crippen LogP contribution < -0.4 is 4.90 Å². The second-order valence-electron chi connectivity index (χ2n) is 6.13. The Morgan fingerprint density at radius 1 is 1.13 bits per heavy atom. The van der Waals surface area contributed by atoms with Crippen molar-refractivity contribution in [3.8, 4) is 0 Å². The van der Waals surface area contributed by atoms with E-state index in [1.54, 1.807) is 12.7 Å². The fourth-order valence-electron chi connectivity index (χ4n) is 3.15. The fraction of sp³-hybridized carbons (Fsp3) is 0.529. The topological polar surface area (TPSA) is 37.2 Å². The zero-order valence-electron chi connectivity index (χ0n) is 13.6. The summed E-state index contributed by atoms with van der Waals surface area (Å²) in [6.07, 6.45) is 4.57. The lowest BCUT2D eigenvalue weighted by atomic mass is 10.1. The van der Waals surface area contributed by atoms with Crippen molar-refractivity contribution in [3.05, 3.63) is 41.9 Å². The third-order valence-electron chi connectivity index (χ3n) is 4.57. The highest BCUT2D eigenvalue weighted by Crippen LogP contribution is 2.26. The van der Waals surface area contributed by atoms with Gasteiger partial charge in [0.15, 0.2) is 0 Å². The van der Waals surface area contributed by atoms with E-state index in [9.17, 15) is 0 Å². The highest BCUT2D eigenvalue weighted by atomic mass is 35.5. The number of hydrogen-bond acceptors (Lipinski definition) is 4. The molecule has 0 spiro atoms. The number of para-hydroxylation sites is 1. The molecule has 2 aromatic rings. The average molecular weight is 334 g/mol. The molecule has 0 amide bonds. The Hall–Kier alpha value is -1.59. The number of piperazine rings is 1. The first kappa shape index (κ1) is 16.3. The molecule has 124 valence electrons. The lowest BCUT2D eigenvalue weighted by Gasteiger charge is -2.37. The van der Waals surface area contributed by atoms with Gasteiger partial charge in [-0.3, -0.25) is 9.58 Å². The van der Waals surface area contributed by atoms with E-state index in [1.807, 2.05) is 16.8 Å². The molecule has 1 atom stereocenters. The molecule has 1 saturated heterocycles. The van der Waals surface area contributed by atoms with Gasteiger partial charge in [0.05, 0.1) is 10.7 Å². The minimum atomic E-state index is 0.614. The summed E-state index contributed by atoms with van der Waals surface area (Å²) in [5, 5.41) is 5.07. The SMILES string of the molecule is CCC(CN1CCN(c2ccccc2Cl)CC1)Cn1cncn1. The number of halogens is 1. The van der Waals surface area contributed by atoms with Gasteiger partial charge in [0, 0.05) is 39.3 Å². The third kappa shape index (κ3) is 4.24. The van der Waals surface area contributed by atoms with Crippen LogP contribution in [0, 0.1) is 5.92 Å². The number of rotatable bonds is 6.